The fourth-order valence-electron chi connectivity index (χ4n) is 0.551. The van der Waals surface area contributed by atoms with E-state index in [1.807, 2.05) is 0 Å². The van der Waals surface area contributed by atoms with Gasteiger partial charge in [-0.05, 0) is 18.7 Å². The molecule has 0 aromatic carbocycles. The third-order valence-electron chi connectivity index (χ3n) is 1.11. The zero-order chi connectivity index (χ0) is 9.23. The maximum absolute atomic E-state index is 10.9. The van der Waals surface area contributed by atoms with Crippen LogP contribution in [0.3, 0.4) is 0 Å². The number of rotatable bonds is 6. The molecule has 0 saturated heterocycles. The van der Waals surface area contributed by atoms with Crippen LogP contribution in [-0.2, 0) is 4.79 Å². The highest BCUT2D eigenvalue weighted by atomic mass is 32.2. The molecule has 12 heavy (non-hydrogen) atoms. The second kappa shape index (κ2) is 8.44. The molecule has 68 valence electrons. The molecule has 4 heteroatoms. The molecule has 0 bridgehead atoms. The second-order valence-electron chi connectivity index (χ2n) is 2.18. The molecular formula is C8H14N2OS. The van der Waals surface area contributed by atoms with Gasteiger partial charge in [-0.1, -0.05) is 5.92 Å². The van der Waals surface area contributed by atoms with Crippen molar-refractivity contribution in [2.75, 3.05) is 24.6 Å². The zero-order valence-corrected chi connectivity index (χ0v) is 7.82. The van der Waals surface area contributed by atoms with Gasteiger partial charge in [0.25, 0.3) is 0 Å². The van der Waals surface area contributed by atoms with Gasteiger partial charge in [-0.25, -0.2) is 0 Å². The van der Waals surface area contributed by atoms with Gasteiger partial charge in [-0.2, -0.15) is 11.8 Å². The van der Waals surface area contributed by atoms with Crippen LogP contribution in [0.25, 0.3) is 0 Å². The van der Waals surface area contributed by atoms with Crippen LogP contribution < -0.4 is 11.1 Å². The summed E-state index contributed by atoms with van der Waals surface area (Å²) in [6, 6.07) is 0. The van der Waals surface area contributed by atoms with E-state index >= 15 is 0 Å². The van der Waals surface area contributed by atoms with Crippen LogP contribution in [0, 0.1) is 12.3 Å². The molecule has 0 unspecified atom stereocenters. The maximum Gasteiger partial charge on any atom is 0.230 e. The average molecular weight is 186 g/mol. The van der Waals surface area contributed by atoms with Crippen molar-refractivity contribution in [2.24, 2.45) is 5.73 Å². The number of thioether (sulfide) groups is 1. The van der Waals surface area contributed by atoms with Crippen molar-refractivity contribution >= 4 is 17.7 Å². The summed E-state index contributed by atoms with van der Waals surface area (Å²) in [7, 11) is 0. The van der Waals surface area contributed by atoms with E-state index in [0.717, 1.165) is 12.2 Å². The molecule has 3 N–H and O–H groups in total. The Morgan fingerprint density at radius 1 is 1.67 bits per heavy atom. The van der Waals surface area contributed by atoms with Gasteiger partial charge in [-0.3, -0.25) is 4.79 Å². The molecule has 0 aromatic rings. The van der Waals surface area contributed by atoms with E-state index in [1.165, 1.54) is 0 Å². The molecule has 0 spiro atoms. The lowest BCUT2D eigenvalue weighted by atomic mass is 10.5. The number of carbonyl (C=O) groups excluding carboxylic acids is 1. The Bertz CT molecular complexity index is 165. The molecule has 0 aliphatic rings. The maximum atomic E-state index is 10.9. The molecule has 0 atom stereocenters. The fourth-order valence-corrected chi connectivity index (χ4v) is 1.35. The summed E-state index contributed by atoms with van der Waals surface area (Å²) in [5, 5.41) is 2.58. The zero-order valence-electron chi connectivity index (χ0n) is 7.01. The van der Waals surface area contributed by atoms with Crippen LogP contribution in [0.4, 0.5) is 0 Å². The number of amides is 1. The molecular weight excluding hydrogens is 172 g/mol. The standard InChI is InChI=1S/C8H14N2OS/c1-2-5-10-8(11)7-12-6-3-4-9/h1H,3-7,9H2,(H,10,11). The first kappa shape index (κ1) is 11.3. The predicted octanol–water partition coefficient (Wildman–Crippen LogP) is -0.182. The van der Waals surface area contributed by atoms with Crippen molar-refractivity contribution in [3.63, 3.8) is 0 Å². The van der Waals surface area contributed by atoms with E-state index < -0.39 is 0 Å². The highest BCUT2D eigenvalue weighted by molar-refractivity contribution is 7.99. The summed E-state index contributed by atoms with van der Waals surface area (Å²) in [6.45, 7) is 0.995. The van der Waals surface area contributed by atoms with Gasteiger partial charge in [0.2, 0.25) is 5.91 Å². The van der Waals surface area contributed by atoms with Gasteiger partial charge >= 0.3 is 0 Å². The quantitative estimate of drug-likeness (QED) is 0.447. The minimum atomic E-state index is -0.00466. The number of hydrogen-bond donors (Lipinski definition) is 2. The highest BCUT2D eigenvalue weighted by Gasteiger charge is 1.97. The molecule has 0 rings (SSSR count). The Morgan fingerprint density at radius 3 is 3.00 bits per heavy atom. The highest BCUT2D eigenvalue weighted by Crippen LogP contribution is 2.00. The first-order valence-electron chi connectivity index (χ1n) is 3.79. The first-order chi connectivity index (χ1) is 5.81. The molecule has 0 saturated carbocycles. The largest absolute Gasteiger partial charge is 0.344 e. The van der Waals surface area contributed by atoms with Crippen molar-refractivity contribution in [3.05, 3.63) is 0 Å². The van der Waals surface area contributed by atoms with Gasteiger partial charge in [0.05, 0.1) is 12.3 Å². The van der Waals surface area contributed by atoms with E-state index in [0.29, 0.717) is 18.8 Å². The number of nitrogens with two attached hydrogens (primary N) is 1. The van der Waals surface area contributed by atoms with Crippen molar-refractivity contribution in [1.29, 1.82) is 0 Å². The van der Waals surface area contributed by atoms with Gasteiger partial charge in [-0.15, -0.1) is 6.42 Å². The van der Waals surface area contributed by atoms with Crippen molar-refractivity contribution in [3.8, 4) is 12.3 Å². The lowest BCUT2D eigenvalue weighted by molar-refractivity contribution is -0.118. The monoisotopic (exact) mass is 186 g/mol. The molecule has 0 aliphatic carbocycles. The lowest BCUT2D eigenvalue weighted by Crippen LogP contribution is -2.25. The van der Waals surface area contributed by atoms with Gasteiger partial charge in [0, 0.05) is 0 Å². The second-order valence-corrected chi connectivity index (χ2v) is 3.28. The third kappa shape index (κ3) is 7.45. The van der Waals surface area contributed by atoms with Crippen molar-refractivity contribution in [1.82, 2.24) is 5.32 Å². The molecule has 1 amide bonds. The molecule has 0 aromatic heterocycles. The van der Waals surface area contributed by atoms with Gasteiger partial charge < -0.3 is 11.1 Å². The van der Waals surface area contributed by atoms with Crippen LogP contribution in [0.2, 0.25) is 0 Å². The summed E-state index contributed by atoms with van der Waals surface area (Å²) >= 11 is 1.58. The normalized spacial score (nSPS) is 9.00. The van der Waals surface area contributed by atoms with Crippen LogP contribution >= 0.6 is 11.8 Å². The molecule has 0 fully saturated rings. The van der Waals surface area contributed by atoms with E-state index in [1.54, 1.807) is 11.8 Å². The lowest BCUT2D eigenvalue weighted by Gasteiger charge is -2.00. The SMILES string of the molecule is C#CCNC(=O)CSCCCN. The molecule has 0 heterocycles. The van der Waals surface area contributed by atoms with E-state index in [2.05, 4.69) is 11.2 Å². The van der Waals surface area contributed by atoms with Crippen LogP contribution in [-0.4, -0.2) is 30.5 Å². The Kier molecular flexibility index (Phi) is 7.97. The summed E-state index contributed by atoms with van der Waals surface area (Å²) < 4.78 is 0. The van der Waals surface area contributed by atoms with Crippen molar-refractivity contribution < 1.29 is 4.79 Å². The summed E-state index contributed by atoms with van der Waals surface area (Å²) in [5.74, 6) is 3.74. The number of terminal acetylenes is 1. The average Bonchev–Trinajstić information content (AvgIpc) is 2.09. The minimum absolute atomic E-state index is 0.00466. The molecule has 3 nitrogen and oxygen atoms in total. The Balaban J connectivity index is 3.15. The molecule has 0 radical (unpaired) electrons. The van der Waals surface area contributed by atoms with Gasteiger partial charge in [0.15, 0.2) is 0 Å². The van der Waals surface area contributed by atoms with Crippen LogP contribution in [0.15, 0.2) is 0 Å². The number of carbonyl (C=O) groups is 1. The summed E-state index contributed by atoms with van der Waals surface area (Å²) in [5.41, 5.74) is 5.29. The minimum Gasteiger partial charge on any atom is -0.344 e. The van der Waals surface area contributed by atoms with Crippen LogP contribution in [0.5, 0.6) is 0 Å². The Hall–Kier alpha value is -0.660. The van der Waals surface area contributed by atoms with Crippen LogP contribution in [0.1, 0.15) is 6.42 Å². The summed E-state index contributed by atoms with van der Waals surface area (Å²) in [6.07, 6.45) is 5.92. The first-order valence-corrected chi connectivity index (χ1v) is 4.94. The van der Waals surface area contributed by atoms with E-state index in [-0.39, 0.29) is 5.91 Å². The Morgan fingerprint density at radius 2 is 2.42 bits per heavy atom. The smallest absolute Gasteiger partial charge is 0.230 e. The third-order valence-corrected chi connectivity index (χ3v) is 2.16. The number of nitrogens with one attached hydrogen (secondary N) is 1. The fraction of sp³-hybridized carbons (Fsp3) is 0.625. The summed E-state index contributed by atoms with van der Waals surface area (Å²) in [4.78, 5) is 10.9. The van der Waals surface area contributed by atoms with Crippen molar-refractivity contribution in [2.45, 2.75) is 6.42 Å². The van der Waals surface area contributed by atoms with E-state index in [4.69, 9.17) is 12.2 Å². The molecule has 0 aliphatic heterocycles. The Labute approximate surface area is 77.5 Å². The number of hydrogen-bond acceptors (Lipinski definition) is 3. The van der Waals surface area contributed by atoms with E-state index in [9.17, 15) is 4.79 Å². The topological polar surface area (TPSA) is 55.1 Å². The predicted molar refractivity (Wildman–Crippen MR) is 52.8 cm³/mol. The van der Waals surface area contributed by atoms with Gasteiger partial charge in [0.1, 0.15) is 0 Å².